The monoisotopic (exact) mass is 196 g/mol. The van der Waals surface area contributed by atoms with Crippen LogP contribution >= 0.6 is 0 Å². The highest BCUT2D eigenvalue weighted by Crippen LogP contribution is 2.25. The van der Waals surface area contributed by atoms with E-state index in [0.717, 1.165) is 13.1 Å². The molecule has 2 nitrogen and oxygen atoms in total. The van der Waals surface area contributed by atoms with Crippen molar-refractivity contribution >= 4 is 0 Å². The van der Waals surface area contributed by atoms with Gasteiger partial charge in [-0.3, -0.25) is 0 Å². The second-order valence-corrected chi connectivity index (χ2v) is 4.55. The van der Waals surface area contributed by atoms with Crippen molar-refractivity contribution in [1.82, 2.24) is 10.2 Å². The fraction of sp³-hybridized carbons (Fsp3) is 0.833. The maximum atomic E-state index is 3.78. The Hall–Kier alpha value is -0.340. The van der Waals surface area contributed by atoms with Crippen LogP contribution in [0.2, 0.25) is 0 Å². The van der Waals surface area contributed by atoms with Crippen LogP contribution in [0.15, 0.2) is 12.7 Å². The first-order valence-electron chi connectivity index (χ1n) is 5.77. The molecule has 2 heteroatoms. The van der Waals surface area contributed by atoms with Crippen molar-refractivity contribution in [3.8, 4) is 0 Å². The lowest BCUT2D eigenvalue weighted by Gasteiger charge is -2.33. The molecule has 0 aromatic rings. The molecule has 1 fully saturated rings. The molecule has 0 spiro atoms. The molecule has 1 atom stereocenters. The van der Waals surface area contributed by atoms with E-state index in [2.05, 4.69) is 30.8 Å². The van der Waals surface area contributed by atoms with Crippen molar-refractivity contribution in [3.63, 3.8) is 0 Å². The first-order chi connectivity index (χ1) is 6.72. The van der Waals surface area contributed by atoms with E-state index in [1.165, 1.54) is 32.2 Å². The summed E-state index contributed by atoms with van der Waals surface area (Å²) in [5.41, 5.74) is 0.395. The average molecular weight is 196 g/mol. The van der Waals surface area contributed by atoms with Gasteiger partial charge in [0.2, 0.25) is 0 Å². The molecule has 1 heterocycles. The smallest absolute Gasteiger partial charge is 0.0309 e. The molecule has 1 unspecified atom stereocenters. The maximum Gasteiger partial charge on any atom is 0.0309 e. The van der Waals surface area contributed by atoms with Gasteiger partial charge in [0.05, 0.1) is 0 Å². The van der Waals surface area contributed by atoms with Gasteiger partial charge in [0.15, 0.2) is 0 Å². The van der Waals surface area contributed by atoms with E-state index >= 15 is 0 Å². The first-order valence-corrected chi connectivity index (χ1v) is 5.77. The fourth-order valence-electron chi connectivity index (χ4n) is 2.58. The Morgan fingerprint density at radius 1 is 1.57 bits per heavy atom. The number of hydrogen-bond donors (Lipinski definition) is 1. The largest absolute Gasteiger partial charge is 0.310 e. The summed E-state index contributed by atoms with van der Waals surface area (Å²) in [6, 6.07) is 0. The zero-order valence-corrected chi connectivity index (χ0v) is 9.68. The van der Waals surface area contributed by atoms with Crippen LogP contribution in [0, 0.1) is 0 Å². The van der Waals surface area contributed by atoms with Crippen molar-refractivity contribution in [3.05, 3.63) is 12.7 Å². The molecule has 0 aromatic carbocycles. The highest BCUT2D eigenvalue weighted by atomic mass is 15.2. The van der Waals surface area contributed by atoms with Crippen LogP contribution < -0.4 is 5.32 Å². The predicted octanol–water partition coefficient (Wildman–Crippen LogP) is 2.03. The SMILES string of the molecule is C=CCN(C)CC1(CCC)CCCN1. The van der Waals surface area contributed by atoms with E-state index in [1.54, 1.807) is 0 Å². The fourth-order valence-corrected chi connectivity index (χ4v) is 2.58. The van der Waals surface area contributed by atoms with Gasteiger partial charge < -0.3 is 10.2 Å². The molecule has 14 heavy (non-hydrogen) atoms. The summed E-state index contributed by atoms with van der Waals surface area (Å²) >= 11 is 0. The molecule has 1 N–H and O–H groups in total. The van der Waals surface area contributed by atoms with Crippen LogP contribution in [-0.4, -0.2) is 37.1 Å². The van der Waals surface area contributed by atoms with Crippen molar-refractivity contribution in [1.29, 1.82) is 0 Å². The van der Waals surface area contributed by atoms with Gasteiger partial charge >= 0.3 is 0 Å². The zero-order chi connectivity index (χ0) is 10.4. The Morgan fingerprint density at radius 2 is 2.36 bits per heavy atom. The third-order valence-corrected chi connectivity index (χ3v) is 3.07. The lowest BCUT2D eigenvalue weighted by Crippen LogP contribution is -2.48. The normalized spacial score (nSPS) is 27.1. The minimum atomic E-state index is 0.395. The van der Waals surface area contributed by atoms with Crippen LogP contribution in [0.1, 0.15) is 32.6 Å². The number of rotatable bonds is 6. The van der Waals surface area contributed by atoms with Crippen LogP contribution in [0.25, 0.3) is 0 Å². The minimum Gasteiger partial charge on any atom is -0.310 e. The lowest BCUT2D eigenvalue weighted by atomic mass is 9.91. The second kappa shape index (κ2) is 5.52. The molecular formula is C12H24N2. The third kappa shape index (κ3) is 3.10. The highest BCUT2D eigenvalue weighted by Gasteiger charge is 2.32. The highest BCUT2D eigenvalue weighted by molar-refractivity contribution is 4.95. The second-order valence-electron chi connectivity index (χ2n) is 4.55. The summed E-state index contributed by atoms with van der Waals surface area (Å²) in [4.78, 5) is 2.36. The van der Waals surface area contributed by atoms with Crippen LogP contribution in [-0.2, 0) is 0 Å². The number of nitrogens with one attached hydrogen (secondary N) is 1. The van der Waals surface area contributed by atoms with E-state index in [4.69, 9.17) is 0 Å². The van der Waals surface area contributed by atoms with E-state index in [9.17, 15) is 0 Å². The molecule has 1 saturated heterocycles. The molecule has 0 saturated carbocycles. The summed E-state index contributed by atoms with van der Waals surface area (Å²) in [5, 5.41) is 3.68. The van der Waals surface area contributed by atoms with Gasteiger partial charge in [-0.2, -0.15) is 0 Å². The molecule has 0 aromatic heterocycles. The lowest BCUT2D eigenvalue weighted by molar-refractivity contribution is 0.227. The molecule has 0 radical (unpaired) electrons. The summed E-state index contributed by atoms with van der Waals surface area (Å²) < 4.78 is 0. The van der Waals surface area contributed by atoms with Crippen molar-refractivity contribution < 1.29 is 0 Å². The molecule has 0 amide bonds. The molecule has 0 bridgehead atoms. The third-order valence-electron chi connectivity index (χ3n) is 3.07. The molecule has 0 aliphatic carbocycles. The van der Waals surface area contributed by atoms with Crippen molar-refractivity contribution in [2.24, 2.45) is 0 Å². The summed E-state index contributed by atoms with van der Waals surface area (Å²) in [6.45, 7) is 9.40. The summed E-state index contributed by atoms with van der Waals surface area (Å²) in [6.07, 6.45) is 7.22. The standard InChI is InChI=1S/C12H24N2/c1-4-7-12(8-6-9-13-12)11-14(3)10-5-2/h5,13H,2,4,6-11H2,1,3H3. The van der Waals surface area contributed by atoms with Crippen molar-refractivity contribution in [2.45, 2.75) is 38.1 Å². The van der Waals surface area contributed by atoms with Gasteiger partial charge in [-0.1, -0.05) is 19.4 Å². The van der Waals surface area contributed by atoms with Gasteiger partial charge in [-0.05, 0) is 32.9 Å². The maximum absolute atomic E-state index is 3.78. The summed E-state index contributed by atoms with van der Waals surface area (Å²) in [5.74, 6) is 0. The molecule has 1 aliphatic heterocycles. The number of hydrogen-bond acceptors (Lipinski definition) is 2. The van der Waals surface area contributed by atoms with E-state index < -0.39 is 0 Å². The van der Waals surface area contributed by atoms with Gasteiger partial charge in [0, 0.05) is 18.6 Å². The number of likely N-dealkylation sites (N-methyl/N-ethyl adjacent to an activating group) is 1. The van der Waals surface area contributed by atoms with E-state index in [1.807, 2.05) is 6.08 Å². The molecule has 82 valence electrons. The Bertz CT molecular complexity index is 171. The Labute approximate surface area is 88.4 Å². The van der Waals surface area contributed by atoms with Crippen LogP contribution in [0.3, 0.4) is 0 Å². The average Bonchev–Trinajstić information content (AvgIpc) is 2.54. The molecule has 1 aliphatic rings. The zero-order valence-electron chi connectivity index (χ0n) is 9.68. The van der Waals surface area contributed by atoms with Gasteiger partial charge in [0.25, 0.3) is 0 Å². The van der Waals surface area contributed by atoms with Gasteiger partial charge in [-0.25, -0.2) is 0 Å². The Morgan fingerprint density at radius 3 is 2.86 bits per heavy atom. The topological polar surface area (TPSA) is 15.3 Å². The van der Waals surface area contributed by atoms with Gasteiger partial charge in [-0.15, -0.1) is 6.58 Å². The Kier molecular flexibility index (Phi) is 4.63. The van der Waals surface area contributed by atoms with Crippen molar-refractivity contribution in [2.75, 3.05) is 26.7 Å². The van der Waals surface area contributed by atoms with Gasteiger partial charge in [0.1, 0.15) is 0 Å². The Balaban J connectivity index is 2.45. The minimum absolute atomic E-state index is 0.395. The number of nitrogens with zero attached hydrogens (tertiary/aromatic N) is 1. The van der Waals surface area contributed by atoms with E-state index in [0.29, 0.717) is 5.54 Å². The predicted molar refractivity (Wildman–Crippen MR) is 62.6 cm³/mol. The van der Waals surface area contributed by atoms with Crippen LogP contribution in [0.5, 0.6) is 0 Å². The quantitative estimate of drug-likeness (QED) is 0.654. The van der Waals surface area contributed by atoms with Crippen LogP contribution in [0.4, 0.5) is 0 Å². The molecular weight excluding hydrogens is 172 g/mol. The van der Waals surface area contributed by atoms with E-state index in [-0.39, 0.29) is 0 Å². The summed E-state index contributed by atoms with van der Waals surface area (Å²) in [7, 11) is 2.18. The molecule has 1 rings (SSSR count). The first kappa shape index (κ1) is 11.7.